The summed E-state index contributed by atoms with van der Waals surface area (Å²) in [5.74, 6) is 0.268. The highest BCUT2D eigenvalue weighted by Crippen LogP contribution is 2.29. The smallest absolute Gasteiger partial charge is 0.232 e. The van der Waals surface area contributed by atoms with Crippen LogP contribution in [0.15, 0.2) is 48.5 Å². The van der Waals surface area contributed by atoms with Crippen LogP contribution in [0.5, 0.6) is 5.75 Å². The summed E-state index contributed by atoms with van der Waals surface area (Å²) in [6, 6.07) is 14.8. The summed E-state index contributed by atoms with van der Waals surface area (Å²) in [4.78, 5) is 12.2. The highest BCUT2D eigenvalue weighted by atomic mass is 32.2. The molecule has 0 atom stereocenters. The van der Waals surface area contributed by atoms with Crippen LogP contribution in [0, 0.1) is 6.92 Å². The molecule has 2 rings (SSSR count). The fourth-order valence-corrected chi connectivity index (χ4v) is 3.65. The molecular formula is C20H26N2O4S. The zero-order chi connectivity index (χ0) is 19.9. The van der Waals surface area contributed by atoms with Crippen molar-refractivity contribution in [3.8, 4) is 5.75 Å². The Labute approximate surface area is 161 Å². The van der Waals surface area contributed by atoms with Gasteiger partial charge in [0.1, 0.15) is 5.75 Å². The van der Waals surface area contributed by atoms with Gasteiger partial charge in [-0.2, -0.15) is 0 Å². The van der Waals surface area contributed by atoms with Gasteiger partial charge < -0.3 is 10.1 Å². The average Bonchev–Trinajstić information content (AvgIpc) is 2.61. The number of amides is 1. The lowest BCUT2D eigenvalue weighted by Crippen LogP contribution is -2.34. The predicted octanol–water partition coefficient (Wildman–Crippen LogP) is 2.87. The Kier molecular flexibility index (Phi) is 7.24. The summed E-state index contributed by atoms with van der Waals surface area (Å²) in [7, 11) is -3.55. The number of para-hydroxylation sites is 2. The van der Waals surface area contributed by atoms with Crippen molar-refractivity contribution in [1.82, 2.24) is 5.32 Å². The van der Waals surface area contributed by atoms with Gasteiger partial charge in [0.25, 0.3) is 0 Å². The van der Waals surface area contributed by atoms with E-state index in [4.69, 9.17) is 4.74 Å². The molecule has 0 unspecified atom stereocenters. The molecule has 0 saturated heterocycles. The monoisotopic (exact) mass is 390 g/mol. The Morgan fingerprint density at radius 3 is 2.56 bits per heavy atom. The Morgan fingerprint density at radius 1 is 1.15 bits per heavy atom. The molecule has 0 aromatic heterocycles. The lowest BCUT2D eigenvalue weighted by atomic mass is 10.1. The number of sulfonamides is 1. The second kappa shape index (κ2) is 9.41. The number of carbonyl (C=O) groups is 1. The standard InChI is InChI=1S/C20H26N2O4S/c1-4-26-19-11-6-5-10-18(19)22(27(3,24)25)13-12-20(23)21-15-17-9-7-8-16(2)14-17/h5-11,14H,4,12-13,15H2,1-3H3,(H,21,23). The van der Waals surface area contributed by atoms with E-state index in [0.29, 0.717) is 24.6 Å². The molecule has 0 fully saturated rings. The molecule has 1 amide bonds. The first-order chi connectivity index (χ1) is 12.8. The lowest BCUT2D eigenvalue weighted by Gasteiger charge is -2.24. The minimum absolute atomic E-state index is 0.0442. The first-order valence-corrected chi connectivity index (χ1v) is 10.7. The first kappa shape index (κ1) is 20.8. The maximum atomic E-state index is 12.3. The van der Waals surface area contributed by atoms with Gasteiger partial charge in [-0.15, -0.1) is 0 Å². The van der Waals surface area contributed by atoms with Crippen molar-refractivity contribution in [1.29, 1.82) is 0 Å². The molecular weight excluding hydrogens is 364 g/mol. The van der Waals surface area contributed by atoms with Crippen molar-refractivity contribution < 1.29 is 17.9 Å². The second-order valence-corrected chi connectivity index (χ2v) is 8.16. The van der Waals surface area contributed by atoms with Gasteiger partial charge >= 0.3 is 0 Å². The van der Waals surface area contributed by atoms with Crippen molar-refractivity contribution in [2.75, 3.05) is 23.7 Å². The number of nitrogens with zero attached hydrogens (tertiary/aromatic N) is 1. The molecule has 0 saturated carbocycles. The molecule has 7 heteroatoms. The molecule has 0 aliphatic rings. The Hall–Kier alpha value is -2.54. The van der Waals surface area contributed by atoms with Crippen LogP contribution in [0.3, 0.4) is 0 Å². The van der Waals surface area contributed by atoms with Crippen LogP contribution in [0.4, 0.5) is 5.69 Å². The lowest BCUT2D eigenvalue weighted by molar-refractivity contribution is -0.121. The van der Waals surface area contributed by atoms with E-state index in [1.165, 1.54) is 4.31 Å². The summed E-state index contributed by atoms with van der Waals surface area (Å²) >= 11 is 0. The molecule has 146 valence electrons. The zero-order valence-corrected chi connectivity index (χ0v) is 16.8. The number of hydrogen-bond acceptors (Lipinski definition) is 4. The van der Waals surface area contributed by atoms with Crippen molar-refractivity contribution in [3.63, 3.8) is 0 Å². The van der Waals surface area contributed by atoms with Gasteiger partial charge in [-0.25, -0.2) is 8.42 Å². The van der Waals surface area contributed by atoms with Gasteiger partial charge in [0.05, 0.1) is 18.6 Å². The number of hydrogen-bond donors (Lipinski definition) is 1. The number of ether oxygens (including phenoxy) is 1. The number of rotatable bonds is 9. The van der Waals surface area contributed by atoms with E-state index in [1.807, 2.05) is 38.1 Å². The normalized spacial score (nSPS) is 11.1. The third-order valence-electron chi connectivity index (χ3n) is 3.95. The predicted molar refractivity (Wildman–Crippen MR) is 107 cm³/mol. The largest absolute Gasteiger partial charge is 0.492 e. The van der Waals surface area contributed by atoms with E-state index in [2.05, 4.69) is 5.32 Å². The molecule has 2 aromatic rings. The molecule has 0 heterocycles. The Morgan fingerprint density at radius 2 is 1.89 bits per heavy atom. The van der Waals surface area contributed by atoms with Crippen molar-refractivity contribution in [3.05, 3.63) is 59.7 Å². The fraction of sp³-hybridized carbons (Fsp3) is 0.350. The topological polar surface area (TPSA) is 75.7 Å². The van der Waals surface area contributed by atoms with Crippen LogP contribution in [0.2, 0.25) is 0 Å². The van der Waals surface area contributed by atoms with Gasteiger partial charge in [0.2, 0.25) is 15.9 Å². The fourth-order valence-electron chi connectivity index (χ4n) is 2.72. The van der Waals surface area contributed by atoms with Crippen LogP contribution in [-0.2, 0) is 21.4 Å². The second-order valence-electron chi connectivity index (χ2n) is 6.25. The molecule has 0 aliphatic carbocycles. The van der Waals surface area contributed by atoms with E-state index in [1.54, 1.807) is 24.3 Å². The molecule has 0 spiro atoms. The summed E-state index contributed by atoms with van der Waals surface area (Å²) in [5.41, 5.74) is 2.57. The van der Waals surface area contributed by atoms with E-state index in [-0.39, 0.29) is 18.9 Å². The summed E-state index contributed by atoms with van der Waals surface area (Å²) in [6.45, 7) is 4.70. The summed E-state index contributed by atoms with van der Waals surface area (Å²) in [5, 5.41) is 2.83. The number of carbonyl (C=O) groups excluding carboxylic acids is 1. The van der Waals surface area contributed by atoms with Crippen LogP contribution in [-0.4, -0.2) is 33.7 Å². The van der Waals surface area contributed by atoms with E-state index >= 15 is 0 Å². The van der Waals surface area contributed by atoms with Crippen LogP contribution in [0.1, 0.15) is 24.5 Å². The SMILES string of the molecule is CCOc1ccccc1N(CCC(=O)NCc1cccc(C)c1)S(C)(=O)=O. The third kappa shape index (κ3) is 6.29. The van der Waals surface area contributed by atoms with Gasteiger partial charge in [-0.3, -0.25) is 9.10 Å². The maximum Gasteiger partial charge on any atom is 0.232 e. The molecule has 0 radical (unpaired) electrons. The maximum absolute atomic E-state index is 12.3. The van der Waals surface area contributed by atoms with E-state index < -0.39 is 10.0 Å². The van der Waals surface area contributed by atoms with Crippen molar-refractivity contribution in [2.24, 2.45) is 0 Å². The third-order valence-corrected chi connectivity index (χ3v) is 5.13. The minimum atomic E-state index is -3.55. The molecule has 0 aliphatic heterocycles. The molecule has 27 heavy (non-hydrogen) atoms. The summed E-state index contributed by atoms with van der Waals surface area (Å²) < 4.78 is 31.3. The van der Waals surface area contributed by atoms with E-state index in [0.717, 1.165) is 17.4 Å². The zero-order valence-electron chi connectivity index (χ0n) is 15.9. The Bertz CT molecular complexity index is 881. The van der Waals surface area contributed by atoms with Crippen molar-refractivity contribution in [2.45, 2.75) is 26.8 Å². The van der Waals surface area contributed by atoms with Crippen LogP contribution in [0.25, 0.3) is 0 Å². The first-order valence-electron chi connectivity index (χ1n) is 8.83. The average molecular weight is 391 g/mol. The quantitative estimate of drug-likeness (QED) is 0.714. The molecule has 1 N–H and O–H groups in total. The Balaban J connectivity index is 2.04. The number of benzene rings is 2. The van der Waals surface area contributed by atoms with Gasteiger partial charge in [0.15, 0.2) is 0 Å². The van der Waals surface area contributed by atoms with Gasteiger partial charge in [-0.1, -0.05) is 42.0 Å². The van der Waals surface area contributed by atoms with Crippen molar-refractivity contribution >= 4 is 21.6 Å². The van der Waals surface area contributed by atoms with Gasteiger partial charge in [0, 0.05) is 19.5 Å². The highest BCUT2D eigenvalue weighted by molar-refractivity contribution is 7.92. The minimum Gasteiger partial charge on any atom is -0.492 e. The number of anilines is 1. The molecule has 6 nitrogen and oxygen atoms in total. The van der Waals surface area contributed by atoms with Crippen LogP contribution >= 0.6 is 0 Å². The molecule has 2 aromatic carbocycles. The number of aryl methyl sites for hydroxylation is 1. The van der Waals surface area contributed by atoms with Crippen LogP contribution < -0.4 is 14.4 Å². The van der Waals surface area contributed by atoms with E-state index in [9.17, 15) is 13.2 Å². The highest BCUT2D eigenvalue weighted by Gasteiger charge is 2.21. The number of nitrogens with one attached hydrogen (secondary N) is 1. The van der Waals surface area contributed by atoms with Gasteiger partial charge in [-0.05, 0) is 31.5 Å². The molecule has 0 bridgehead atoms. The summed E-state index contributed by atoms with van der Waals surface area (Å²) in [6.07, 6.45) is 1.18.